The molecule has 5 rings (SSSR count). The molecule has 1 aliphatic rings. The Morgan fingerprint density at radius 1 is 1.06 bits per heavy atom. The summed E-state index contributed by atoms with van der Waals surface area (Å²) in [5, 5.41) is 16.3. The van der Waals surface area contributed by atoms with Crippen molar-refractivity contribution in [2.45, 2.75) is 11.4 Å². The fourth-order valence-corrected chi connectivity index (χ4v) is 5.31. The van der Waals surface area contributed by atoms with Crippen LogP contribution in [0.1, 0.15) is 10.4 Å². The van der Waals surface area contributed by atoms with Crippen molar-refractivity contribution in [3.05, 3.63) is 86.8 Å². The van der Waals surface area contributed by atoms with Crippen LogP contribution < -0.4 is 16.3 Å². The fraction of sp³-hybridized carbons (Fsp3) is 0.0476. The summed E-state index contributed by atoms with van der Waals surface area (Å²) in [6.45, 7) is 0.406. The van der Waals surface area contributed by atoms with Gasteiger partial charge in [0.1, 0.15) is 16.2 Å². The summed E-state index contributed by atoms with van der Waals surface area (Å²) in [5.41, 5.74) is 3.31. The van der Waals surface area contributed by atoms with Crippen LogP contribution in [0.2, 0.25) is 0 Å². The van der Waals surface area contributed by atoms with Crippen LogP contribution in [0.25, 0.3) is 10.9 Å². The number of nitrogens with one attached hydrogen (secondary N) is 2. The van der Waals surface area contributed by atoms with Crippen LogP contribution in [0.3, 0.4) is 0 Å². The molecule has 4 aromatic rings. The number of fused-ring (bicyclic) bond motifs is 2. The van der Waals surface area contributed by atoms with Crippen molar-refractivity contribution < 1.29 is 14.2 Å². The summed E-state index contributed by atoms with van der Waals surface area (Å²) < 4.78 is 26.5. The van der Waals surface area contributed by atoms with E-state index in [-0.39, 0.29) is 22.0 Å². The maximum absolute atomic E-state index is 13.5. The number of anilines is 1. The van der Waals surface area contributed by atoms with Gasteiger partial charge in [-0.2, -0.15) is 0 Å². The highest BCUT2D eigenvalue weighted by atomic mass is 32.3. The first kappa shape index (κ1) is 19.6. The minimum absolute atomic E-state index is 0.0985. The number of para-hydroxylation sites is 2. The zero-order chi connectivity index (χ0) is 21.6. The quantitative estimate of drug-likeness (QED) is 0.312. The van der Waals surface area contributed by atoms with Gasteiger partial charge in [0, 0.05) is 10.3 Å². The Morgan fingerprint density at radius 3 is 2.65 bits per heavy atom. The van der Waals surface area contributed by atoms with E-state index >= 15 is 0 Å². The van der Waals surface area contributed by atoms with Crippen molar-refractivity contribution in [2.24, 2.45) is 4.40 Å². The highest BCUT2D eigenvalue weighted by Crippen LogP contribution is 2.55. The standard InChI is InChI=1S/C21H18N4O4S2/c26-19-14-7-1-3-9-16(14)25(22-12-13-6-5-11-30-13)21(27)18(19)20-23-15-8-2-4-10-17(15)31(28,29)24-20/h1-11,22,26,28-29H,12H2,(H,23,24). The van der Waals surface area contributed by atoms with E-state index in [0.29, 0.717) is 23.1 Å². The Kier molecular flexibility index (Phi) is 4.71. The Morgan fingerprint density at radius 2 is 1.84 bits per heavy atom. The maximum atomic E-state index is 13.5. The van der Waals surface area contributed by atoms with Gasteiger partial charge < -0.3 is 15.8 Å². The van der Waals surface area contributed by atoms with E-state index in [4.69, 9.17) is 0 Å². The normalized spacial score (nSPS) is 15.6. The number of thiophene rings is 1. The molecule has 8 nitrogen and oxygen atoms in total. The fourth-order valence-electron chi connectivity index (χ4n) is 3.51. The minimum Gasteiger partial charge on any atom is -0.506 e. The SMILES string of the molecule is O=c1c(C2=NS(O)(O)c3ccccc3N2)c(O)c2ccccc2n1NCc1cccs1. The minimum atomic E-state index is -3.54. The topological polar surface area (TPSA) is 119 Å². The van der Waals surface area contributed by atoms with E-state index in [1.54, 1.807) is 59.9 Å². The van der Waals surface area contributed by atoms with Crippen molar-refractivity contribution in [1.29, 1.82) is 0 Å². The number of aromatic hydroxyl groups is 1. The van der Waals surface area contributed by atoms with E-state index in [2.05, 4.69) is 15.1 Å². The van der Waals surface area contributed by atoms with Gasteiger partial charge in [-0.1, -0.05) is 41.1 Å². The second-order valence-electron chi connectivity index (χ2n) is 6.88. The molecular formula is C21H18N4O4S2. The van der Waals surface area contributed by atoms with Gasteiger partial charge in [-0.3, -0.25) is 13.9 Å². The first-order chi connectivity index (χ1) is 15.0. The molecule has 0 radical (unpaired) electrons. The van der Waals surface area contributed by atoms with Crippen LogP contribution in [0, 0.1) is 0 Å². The van der Waals surface area contributed by atoms with Crippen LogP contribution in [0.15, 0.2) is 80.1 Å². The molecule has 0 unspecified atom stereocenters. The van der Waals surface area contributed by atoms with E-state index in [0.717, 1.165) is 4.88 Å². The van der Waals surface area contributed by atoms with Gasteiger partial charge in [0.25, 0.3) is 5.56 Å². The Bertz CT molecular complexity index is 1380. The number of pyridine rings is 1. The summed E-state index contributed by atoms with van der Waals surface area (Å²) in [6.07, 6.45) is 0. The smallest absolute Gasteiger partial charge is 0.284 e. The molecule has 10 heteroatoms. The summed E-state index contributed by atoms with van der Waals surface area (Å²) in [7, 11) is -3.54. The van der Waals surface area contributed by atoms with Crippen molar-refractivity contribution in [2.75, 3.05) is 10.7 Å². The van der Waals surface area contributed by atoms with Crippen molar-refractivity contribution in [3.63, 3.8) is 0 Å². The average molecular weight is 455 g/mol. The summed E-state index contributed by atoms with van der Waals surface area (Å²) in [6, 6.07) is 17.4. The van der Waals surface area contributed by atoms with Crippen LogP contribution in [0.5, 0.6) is 5.75 Å². The van der Waals surface area contributed by atoms with Crippen LogP contribution in [-0.2, 0) is 6.54 Å². The maximum Gasteiger partial charge on any atom is 0.284 e. The number of aromatic nitrogens is 1. The second kappa shape index (κ2) is 7.43. The van der Waals surface area contributed by atoms with E-state index in [9.17, 15) is 19.0 Å². The molecule has 2 aromatic carbocycles. The molecule has 0 fully saturated rings. The lowest BCUT2D eigenvalue weighted by Gasteiger charge is -2.34. The number of amidine groups is 1. The molecule has 0 aliphatic carbocycles. The van der Waals surface area contributed by atoms with Gasteiger partial charge in [0.15, 0.2) is 5.84 Å². The zero-order valence-corrected chi connectivity index (χ0v) is 17.7. The number of hydrogen-bond acceptors (Lipinski definition) is 8. The van der Waals surface area contributed by atoms with E-state index < -0.39 is 16.3 Å². The molecule has 5 N–H and O–H groups in total. The molecule has 0 saturated carbocycles. The van der Waals surface area contributed by atoms with Gasteiger partial charge in [0.05, 0.1) is 17.7 Å². The van der Waals surface area contributed by atoms with E-state index in [1.807, 2.05) is 17.5 Å². The van der Waals surface area contributed by atoms with Crippen LogP contribution in [0.4, 0.5) is 5.69 Å². The summed E-state index contributed by atoms with van der Waals surface area (Å²) in [4.78, 5) is 14.7. The molecule has 0 atom stereocenters. The van der Waals surface area contributed by atoms with Gasteiger partial charge in [0.2, 0.25) is 0 Å². The molecular weight excluding hydrogens is 436 g/mol. The van der Waals surface area contributed by atoms with E-state index in [1.165, 1.54) is 4.68 Å². The van der Waals surface area contributed by atoms with Gasteiger partial charge in [-0.25, -0.2) is 4.68 Å². The lowest BCUT2D eigenvalue weighted by molar-refractivity contribution is 0.478. The van der Waals surface area contributed by atoms with Crippen molar-refractivity contribution >= 4 is 44.5 Å². The Labute approximate surface area is 182 Å². The lowest BCUT2D eigenvalue weighted by Crippen LogP contribution is -2.35. The van der Waals surface area contributed by atoms with Crippen LogP contribution in [-0.4, -0.2) is 24.7 Å². The molecule has 0 amide bonds. The van der Waals surface area contributed by atoms with Gasteiger partial charge in [-0.15, -0.1) is 15.7 Å². The largest absolute Gasteiger partial charge is 0.506 e. The number of hydrogen-bond donors (Lipinski definition) is 5. The first-order valence-corrected chi connectivity index (χ1v) is 11.7. The molecule has 158 valence electrons. The van der Waals surface area contributed by atoms with Crippen molar-refractivity contribution in [3.8, 4) is 5.75 Å². The Hall–Kier alpha value is -3.31. The molecule has 31 heavy (non-hydrogen) atoms. The third-order valence-corrected chi connectivity index (χ3v) is 7.20. The third kappa shape index (κ3) is 3.35. The monoisotopic (exact) mass is 454 g/mol. The molecule has 0 saturated heterocycles. The summed E-state index contributed by atoms with van der Waals surface area (Å²) >= 11 is 1.55. The average Bonchev–Trinajstić information content (AvgIpc) is 3.27. The zero-order valence-electron chi connectivity index (χ0n) is 16.0. The first-order valence-electron chi connectivity index (χ1n) is 9.33. The highest BCUT2D eigenvalue weighted by molar-refractivity contribution is 8.23. The number of rotatable bonds is 4. The number of nitrogens with zero attached hydrogens (tertiary/aromatic N) is 2. The predicted octanol–water partition coefficient (Wildman–Crippen LogP) is 4.41. The van der Waals surface area contributed by atoms with Gasteiger partial charge >= 0.3 is 0 Å². The van der Waals surface area contributed by atoms with Gasteiger partial charge in [-0.05, 0) is 35.7 Å². The third-order valence-electron chi connectivity index (χ3n) is 4.94. The summed E-state index contributed by atoms with van der Waals surface area (Å²) in [5.74, 6) is -0.380. The second-order valence-corrected chi connectivity index (χ2v) is 9.57. The molecule has 0 bridgehead atoms. The molecule has 2 aromatic heterocycles. The molecule has 3 heterocycles. The van der Waals surface area contributed by atoms with Crippen LogP contribution >= 0.6 is 22.1 Å². The predicted molar refractivity (Wildman–Crippen MR) is 125 cm³/mol. The highest BCUT2D eigenvalue weighted by Gasteiger charge is 2.30. The Balaban J connectivity index is 1.69. The molecule has 1 aliphatic heterocycles. The van der Waals surface area contributed by atoms with Crippen molar-refractivity contribution in [1.82, 2.24) is 4.68 Å². The molecule has 0 spiro atoms. The lowest BCUT2D eigenvalue weighted by atomic mass is 10.1. The number of benzene rings is 2.